The Morgan fingerprint density at radius 3 is 2.88 bits per heavy atom. The van der Waals surface area contributed by atoms with E-state index in [2.05, 4.69) is 4.98 Å². The number of hydrogen-bond donors (Lipinski definition) is 0. The minimum Gasteiger partial charge on any atom is -0.383 e. The molecule has 1 spiro atoms. The van der Waals surface area contributed by atoms with Gasteiger partial charge in [0.2, 0.25) is 5.91 Å². The third kappa shape index (κ3) is 3.57. The van der Waals surface area contributed by atoms with Crippen molar-refractivity contribution in [1.29, 1.82) is 0 Å². The molecule has 2 aliphatic heterocycles. The van der Waals surface area contributed by atoms with Crippen LogP contribution < -0.4 is 0 Å². The van der Waals surface area contributed by atoms with Gasteiger partial charge >= 0.3 is 0 Å². The highest BCUT2D eigenvalue weighted by Gasteiger charge is 2.56. The number of methoxy groups -OCH3 is 1. The van der Waals surface area contributed by atoms with Gasteiger partial charge in [-0.25, -0.2) is 8.78 Å². The summed E-state index contributed by atoms with van der Waals surface area (Å²) >= 11 is 0. The molecular formula is C17H23F2N3O2. The van der Waals surface area contributed by atoms with Crippen LogP contribution in [0.4, 0.5) is 8.78 Å². The smallest absolute Gasteiger partial charge is 0.261 e. The van der Waals surface area contributed by atoms with Crippen LogP contribution in [0.5, 0.6) is 0 Å². The van der Waals surface area contributed by atoms with Crippen LogP contribution in [0.25, 0.3) is 0 Å². The lowest BCUT2D eigenvalue weighted by Gasteiger charge is -2.42. The minimum atomic E-state index is -2.86. The fourth-order valence-corrected chi connectivity index (χ4v) is 3.87. The van der Waals surface area contributed by atoms with E-state index >= 15 is 0 Å². The number of carbonyl (C=O) groups is 1. The zero-order valence-corrected chi connectivity index (χ0v) is 13.9. The summed E-state index contributed by atoms with van der Waals surface area (Å²) in [5, 5.41) is 0. The summed E-state index contributed by atoms with van der Waals surface area (Å²) in [6.45, 7) is 1.79. The molecule has 0 aromatic carbocycles. The van der Waals surface area contributed by atoms with Gasteiger partial charge in [-0.15, -0.1) is 0 Å². The number of pyridine rings is 1. The molecule has 0 radical (unpaired) electrons. The minimum absolute atomic E-state index is 0.162. The highest BCUT2D eigenvalue weighted by atomic mass is 19.3. The topological polar surface area (TPSA) is 45.7 Å². The van der Waals surface area contributed by atoms with E-state index in [0.717, 1.165) is 5.69 Å². The molecule has 0 bridgehead atoms. The van der Waals surface area contributed by atoms with Crippen molar-refractivity contribution in [3.8, 4) is 0 Å². The third-order valence-corrected chi connectivity index (χ3v) is 4.86. The molecule has 5 nitrogen and oxygen atoms in total. The maximum atomic E-state index is 14.3. The Morgan fingerprint density at radius 1 is 1.33 bits per heavy atom. The van der Waals surface area contributed by atoms with Gasteiger partial charge in [0.25, 0.3) is 5.92 Å². The predicted molar refractivity (Wildman–Crippen MR) is 84.6 cm³/mol. The molecular weight excluding hydrogens is 316 g/mol. The van der Waals surface area contributed by atoms with Gasteiger partial charge in [0.15, 0.2) is 0 Å². The van der Waals surface area contributed by atoms with Gasteiger partial charge in [-0.1, -0.05) is 6.07 Å². The third-order valence-electron chi connectivity index (χ3n) is 4.86. The number of aromatic nitrogens is 1. The average Bonchev–Trinajstić information content (AvgIpc) is 2.80. The van der Waals surface area contributed by atoms with Crippen molar-refractivity contribution in [1.82, 2.24) is 14.8 Å². The lowest BCUT2D eigenvalue weighted by Crippen LogP contribution is -2.55. The summed E-state index contributed by atoms with van der Waals surface area (Å²) in [5.41, 5.74) is -0.239. The van der Waals surface area contributed by atoms with Crippen molar-refractivity contribution in [2.45, 2.75) is 25.3 Å². The summed E-state index contributed by atoms with van der Waals surface area (Å²) in [7, 11) is 1.57. The number of halogens is 2. The Morgan fingerprint density at radius 2 is 2.17 bits per heavy atom. The molecule has 2 aliphatic rings. The maximum Gasteiger partial charge on any atom is 0.261 e. The average molecular weight is 339 g/mol. The first-order valence-corrected chi connectivity index (χ1v) is 8.23. The summed E-state index contributed by atoms with van der Waals surface area (Å²) in [6, 6.07) is 5.46. The van der Waals surface area contributed by atoms with E-state index < -0.39 is 11.3 Å². The second-order valence-corrected chi connectivity index (χ2v) is 6.81. The van der Waals surface area contributed by atoms with E-state index in [4.69, 9.17) is 4.74 Å². The second-order valence-electron chi connectivity index (χ2n) is 6.81. The number of hydrogen-bond acceptors (Lipinski definition) is 4. The second kappa shape index (κ2) is 6.72. The zero-order chi connectivity index (χ0) is 17.2. The number of nitrogens with zero attached hydrogens (tertiary/aromatic N) is 3. The number of alkyl halides is 2. The number of amides is 1. The number of likely N-dealkylation sites (tertiary alicyclic amines) is 2. The number of rotatable bonds is 5. The highest BCUT2D eigenvalue weighted by Crippen LogP contribution is 2.45. The lowest BCUT2D eigenvalue weighted by atomic mass is 9.77. The van der Waals surface area contributed by atoms with Crippen LogP contribution in [0.2, 0.25) is 0 Å². The Balaban J connectivity index is 1.75. The van der Waals surface area contributed by atoms with Crippen molar-refractivity contribution in [2.24, 2.45) is 5.41 Å². The van der Waals surface area contributed by atoms with Crippen molar-refractivity contribution in [3.05, 3.63) is 30.1 Å². The van der Waals surface area contributed by atoms with Crippen LogP contribution >= 0.6 is 0 Å². The van der Waals surface area contributed by atoms with Gasteiger partial charge < -0.3 is 9.64 Å². The number of piperidine rings is 1. The van der Waals surface area contributed by atoms with E-state index in [9.17, 15) is 13.6 Å². The quantitative estimate of drug-likeness (QED) is 0.820. The normalized spacial score (nSPS) is 27.1. The molecule has 0 aliphatic carbocycles. The van der Waals surface area contributed by atoms with Crippen LogP contribution in [0.1, 0.15) is 18.5 Å². The Hall–Kier alpha value is -1.60. The standard InChI is InChI=1S/C17H23F2N3O2/c1-24-9-8-22-7-5-16(15(22)23)11-17(18,19)13-21(12-16)10-14-4-2-3-6-20-14/h2-4,6H,5,7-13H2,1H3/t16-/m0/s1. The Kier molecular flexibility index (Phi) is 4.83. The van der Waals surface area contributed by atoms with Gasteiger partial charge in [-0.3, -0.25) is 14.7 Å². The number of carbonyl (C=O) groups excluding carboxylic acids is 1. The largest absolute Gasteiger partial charge is 0.383 e. The fraction of sp³-hybridized carbons (Fsp3) is 0.647. The summed E-state index contributed by atoms with van der Waals surface area (Å²) in [4.78, 5) is 20.3. The molecule has 2 saturated heterocycles. The Bertz CT molecular complexity index is 584. The molecule has 1 amide bonds. The molecule has 3 rings (SSSR count). The van der Waals surface area contributed by atoms with E-state index in [1.54, 1.807) is 29.2 Å². The molecule has 132 valence electrons. The van der Waals surface area contributed by atoms with Gasteiger partial charge in [-0.2, -0.15) is 0 Å². The van der Waals surface area contributed by atoms with Crippen molar-refractivity contribution in [3.63, 3.8) is 0 Å². The van der Waals surface area contributed by atoms with Crippen LogP contribution in [-0.4, -0.2) is 66.5 Å². The van der Waals surface area contributed by atoms with E-state index in [-0.39, 0.29) is 18.9 Å². The van der Waals surface area contributed by atoms with Crippen molar-refractivity contribution >= 4 is 5.91 Å². The Labute approximate surface area is 140 Å². The van der Waals surface area contributed by atoms with E-state index in [1.807, 2.05) is 12.1 Å². The monoisotopic (exact) mass is 339 g/mol. The maximum absolute atomic E-state index is 14.3. The van der Waals surface area contributed by atoms with Gasteiger partial charge in [0, 0.05) is 45.9 Å². The predicted octanol–water partition coefficient (Wildman–Crippen LogP) is 1.79. The van der Waals surface area contributed by atoms with E-state index in [0.29, 0.717) is 39.2 Å². The summed E-state index contributed by atoms with van der Waals surface area (Å²) < 4.78 is 33.7. The lowest BCUT2D eigenvalue weighted by molar-refractivity contribution is -0.155. The molecule has 0 unspecified atom stereocenters. The molecule has 3 heterocycles. The van der Waals surface area contributed by atoms with E-state index in [1.165, 1.54) is 0 Å². The molecule has 7 heteroatoms. The van der Waals surface area contributed by atoms with Crippen LogP contribution in [0, 0.1) is 5.41 Å². The molecule has 1 aromatic rings. The molecule has 0 saturated carbocycles. The molecule has 1 aromatic heterocycles. The first kappa shape index (κ1) is 17.2. The van der Waals surface area contributed by atoms with Crippen molar-refractivity contribution < 1.29 is 18.3 Å². The van der Waals surface area contributed by atoms with Gasteiger partial charge in [-0.05, 0) is 18.6 Å². The van der Waals surface area contributed by atoms with Gasteiger partial charge in [0.05, 0.1) is 24.3 Å². The highest BCUT2D eigenvalue weighted by molar-refractivity contribution is 5.85. The first-order chi connectivity index (χ1) is 11.4. The number of ether oxygens (including phenoxy) is 1. The summed E-state index contributed by atoms with van der Waals surface area (Å²) in [5.74, 6) is -3.02. The molecule has 2 fully saturated rings. The summed E-state index contributed by atoms with van der Waals surface area (Å²) in [6.07, 6.45) is 1.77. The molecule has 1 atom stereocenters. The van der Waals surface area contributed by atoms with Crippen LogP contribution in [0.3, 0.4) is 0 Å². The van der Waals surface area contributed by atoms with Gasteiger partial charge in [0.1, 0.15) is 0 Å². The molecule has 0 N–H and O–H groups in total. The fourth-order valence-electron chi connectivity index (χ4n) is 3.87. The zero-order valence-electron chi connectivity index (χ0n) is 13.9. The first-order valence-electron chi connectivity index (χ1n) is 8.23. The molecule has 24 heavy (non-hydrogen) atoms. The SMILES string of the molecule is COCCN1CC[C@]2(CN(Cc3ccccn3)CC(F)(F)C2)C1=O. The van der Waals surface area contributed by atoms with Crippen molar-refractivity contribution in [2.75, 3.05) is 39.9 Å². The van der Waals surface area contributed by atoms with Crippen LogP contribution in [0.15, 0.2) is 24.4 Å². The van der Waals surface area contributed by atoms with Crippen LogP contribution in [-0.2, 0) is 16.1 Å².